The van der Waals surface area contributed by atoms with Crippen molar-refractivity contribution in [2.24, 2.45) is 16.9 Å². The van der Waals surface area contributed by atoms with Gasteiger partial charge in [-0.1, -0.05) is 20.3 Å². The van der Waals surface area contributed by atoms with Gasteiger partial charge in [0.25, 0.3) is 0 Å². The molecule has 88 valence electrons. The second kappa shape index (κ2) is 4.94. The maximum absolute atomic E-state index is 10.8. The smallest absolute Gasteiger partial charge is 0.235 e. The SMILES string of the molecule is CC1(C)CCCC(NCC(N)C(N)=O)C1. The molecule has 0 heterocycles. The van der Waals surface area contributed by atoms with Gasteiger partial charge in [0.1, 0.15) is 0 Å². The molecule has 0 bridgehead atoms. The maximum Gasteiger partial charge on any atom is 0.235 e. The summed E-state index contributed by atoms with van der Waals surface area (Å²) >= 11 is 0. The molecule has 0 aromatic heterocycles. The van der Waals surface area contributed by atoms with Crippen LogP contribution in [0.15, 0.2) is 0 Å². The van der Waals surface area contributed by atoms with Gasteiger partial charge in [-0.05, 0) is 24.7 Å². The topological polar surface area (TPSA) is 81.1 Å². The zero-order chi connectivity index (χ0) is 11.5. The number of nitrogens with one attached hydrogen (secondary N) is 1. The van der Waals surface area contributed by atoms with Crippen molar-refractivity contribution < 1.29 is 4.79 Å². The predicted octanol–water partition coefficient (Wildman–Crippen LogP) is 0.357. The van der Waals surface area contributed by atoms with E-state index in [4.69, 9.17) is 11.5 Å². The van der Waals surface area contributed by atoms with Gasteiger partial charge in [-0.2, -0.15) is 0 Å². The minimum atomic E-state index is -0.560. The molecule has 0 aliphatic heterocycles. The highest BCUT2D eigenvalue weighted by Crippen LogP contribution is 2.34. The summed E-state index contributed by atoms with van der Waals surface area (Å²) in [7, 11) is 0. The standard InChI is InChI=1S/C11H23N3O/c1-11(2)5-3-4-8(6-11)14-7-9(12)10(13)15/h8-9,14H,3-7,12H2,1-2H3,(H2,13,15). The second-order valence-corrected chi connectivity index (χ2v) is 5.37. The van der Waals surface area contributed by atoms with Crippen LogP contribution in [-0.2, 0) is 4.79 Å². The Balaban J connectivity index is 2.30. The third-order valence-electron chi connectivity index (χ3n) is 3.20. The molecule has 1 saturated carbocycles. The van der Waals surface area contributed by atoms with E-state index in [0.717, 1.165) is 6.42 Å². The molecule has 0 spiro atoms. The molecule has 1 fully saturated rings. The van der Waals surface area contributed by atoms with Crippen molar-refractivity contribution >= 4 is 5.91 Å². The molecule has 15 heavy (non-hydrogen) atoms. The molecule has 1 amide bonds. The van der Waals surface area contributed by atoms with Crippen molar-refractivity contribution in [1.82, 2.24) is 5.32 Å². The average molecular weight is 213 g/mol. The van der Waals surface area contributed by atoms with E-state index in [-0.39, 0.29) is 0 Å². The van der Waals surface area contributed by atoms with E-state index in [1.54, 1.807) is 0 Å². The van der Waals surface area contributed by atoms with Gasteiger partial charge in [0.2, 0.25) is 5.91 Å². The number of primary amides is 1. The number of hydrogen-bond acceptors (Lipinski definition) is 3. The van der Waals surface area contributed by atoms with Crippen molar-refractivity contribution in [2.45, 2.75) is 51.6 Å². The summed E-state index contributed by atoms with van der Waals surface area (Å²) < 4.78 is 0. The normalized spacial score (nSPS) is 27.3. The first-order valence-electron chi connectivity index (χ1n) is 5.69. The van der Waals surface area contributed by atoms with Crippen LogP contribution in [0.1, 0.15) is 39.5 Å². The van der Waals surface area contributed by atoms with Crippen molar-refractivity contribution in [3.05, 3.63) is 0 Å². The van der Waals surface area contributed by atoms with E-state index >= 15 is 0 Å². The summed E-state index contributed by atoms with van der Waals surface area (Å²) in [5.41, 5.74) is 11.1. The third kappa shape index (κ3) is 4.18. The van der Waals surface area contributed by atoms with Gasteiger partial charge in [0, 0.05) is 12.6 Å². The van der Waals surface area contributed by atoms with Crippen LogP contribution >= 0.6 is 0 Å². The van der Waals surface area contributed by atoms with Crippen molar-refractivity contribution in [3.8, 4) is 0 Å². The summed E-state index contributed by atoms with van der Waals surface area (Å²) in [4.78, 5) is 10.8. The molecule has 2 atom stereocenters. The van der Waals surface area contributed by atoms with Crippen molar-refractivity contribution in [3.63, 3.8) is 0 Å². The Morgan fingerprint density at radius 1 is 1.60 bits per heavy atom. The molecular formula is C11H23N3O. The summed E-state index contributed by atoms with van der Waals surface area (Å²) in [5.74, 6) is -0.433. The first-order chi connectivity index (χ1) is 6.91. The fourth-order valence-electron chi connectivity index (χ4n) is 2.27. The molecule has 4 nitrogen and oxygen atoms in total. The lowest BCUT2D eigenvalue weighted by molar-refractivity contribution is -0.119. The lowest BCUT2D eigenvalue weighted by Gasteiger charge is -2.36. The first kappa shape index (κ1) is 12.5. The average Bonchev–Trinajstić information content (AvgIpc) is 2.12. The summed E-state index contributed by atoms with van der Waals surface area (Å²) in [6, 6.07) is -0.0748. The summed E-state index contributed by atoms with van der Waals surface area (Å²) in [6.45, 7) is 5.07. The van der Waals surface area contributed by atoms with Crippen LogP contribution in [0.5, 0.6) is 0 Å². The fourth-order valence-corrected chi connectivity index (χ4v) is 2.27. The van der Waals surface area contributed by atoms with Gasteiger partial charge in [-0.25, -0.2) is 0 Å². The van der Waals surface area contributed by atoms with Gasteiger partial charge < -0.3 is 16.8 Å². The van der Waals surface area contributed by atoms with Gasteiger partial charge in [-0.3, -0.25) is 4.79 Å². The van der Waals surface area contributed by atoms with Crippen LogP contribution in [0.3, 0.4) is 0 Å². The van der Waals surface area contributed by atoms with Crippen LogP contribution in [-0.4, -0.2) is 24.5 Å². The highest BCUT2D eigenvalue weighted by molar-refractivity contribution is 5.79. The predicted molar refractivity (Wildman–Crippen MR) is 61.2 cm³/mol. The Hall–Kier alpha value is -0.610. The van der Waals surface area contributed by atoms with Crippen LogP contribution < -0.4 is 16.8 Å². The van der Waals surface area contributed by atoms with Gasteiger partial charge in [0.15, 0.2) is 0 Å². The van der Waals surface area contributed by atoms with Crippen LogP contribution in [0, 0.1) is 5.41 Å². The Bertz CT molecular complexity index is 228. The Morgan fingerprint density at radius 2 is 2.27 bits per heavy atom. The maximum atomic E-state index is 10.8. The van der Waals surface area contributed by atoms with Crippen LogP contribution in [0.2, 0.25) is 0 Å². The highest BCUT2D eigenvalue weighted by atomic mass is 16.1. The monoisotopic (exact) mass is 213 g/mol. The molecule has 1 aliphatic carbocycles. The molecule has 4 heteroatoms. The quantitative estimate of drug-likeness (QED) is 0.630. The molecular weight excluding hydrogens is 190 g/mol. The van der Waals surface area contributed by atoms with E-state index in [2.05, 4.69) is 19.2 Å². The second-order valence-electron chi connectivity index (χ2n) is 5.37. The Kier molecular flexibility index (Phi) is 4.11. The van der Waals surface area contributed by atoms with E-state index in [1.165, 1.54) is 19.3 Å². The number of amides is 1. The lowest BCUT2D eigenvalue weighted by Crippen LogP contribution is -2.48. The molecule has 5 N–H and O–H groups in total. The number of carbonyl (C=O) groups is 1. The van der Waals surface area contributed by atoms with Gasteiger partial charge in [0.05, 0.1) is 6.04 Å². The van der Waals surface area contributed by atoms with Crippen molar-refractivity contribution in [2.75, 3.05) is 6.54 Å². The molecule has 1 aliphatic rings. The fraction of sp³-hybridized carbons (Fsp3) is 0.909. The largest absolute Gasteiger partial charge is 0.368 e. The van der Waals surface area contributed by atoms with Crippen LogP contribution in [0.4, 0.5) is 0 Å². The highest BCUT2D eigenvalue weighted by Gasteiger charge is 2.27. The molecule has 0 aromatic carbocycles. The Labute approximate surface area is 91.8 Å². The summed E-state index contributed by atoms with van der Waals surface area (Å²) in [5, 5.41) is 3.33. The molecule has 0 saturated heterocycles. The number of hydrogen-bond donors (Lipinski definition) is 3. The number of rotatable bonds is 4. The third-order valence-corrected chi connectivity index (χ3v) is 3.20. The lowest BCUT2D eigenvalue weighted by atomic mass is 9.75. The number of nitrogens with two attached hydrogens (primary N) is 2. The zero-order valence-corrected chi connectivity index (χ0v) is 9.75. The molecule has 0 radical (unpaired) electrons. The van der Waals surface area contributed by atoms with Crippen molar-refractivity contribution in [1.29, 1.82) is 0 Å². The number of carbonyl (C=O) groups excluding carboxylic acids is 1. The molecule has 1 rings (SSSR count). The molecule has 0 aromatic rings. The minimum Gasteiger partial charge on any atom is -0.368 e. The van der Waals surface area contributed by atoms with Gasteiger partial charge in [-0.15, -0.1) is 0 Å². The van der Waals surface area contributed by atoms with Crippen LogP contribution in [0.25, 0.3) is 0 Å². The zero-order valence-electron chi connectivity index (χ0n) is 9.75. The van der Waals surface area contributed by atoms with E-state index in [1.807, 2.05) is 0 Å². The molecule has 2 unspecified atom stereocenters. The Morgan fingerprint density at radius 3 is 2.80 bits per heavy atom. The minimum absolute atomic E-state index is 0.409. The van der Waals surface area contributed by atoms with Gasteiger partial charge >= 0.3 is 0 Å². The van der Waals surface area contributed by atoms with E-state index < -0.39 is 11.9 Å². The first-order valence-corrected chi connectivity index (χ1v) is 5.69. The summed E-state index contributed by atoms with van der Waals surface area (Å²) in [6.07, 6.45) is 4.86. The van der Waals surface area contributed by atoms with E-state index in [0.29, 0.717) is 18.0 Å². The van der Waals surface area contributed by atoms with E-state index in [9.17, 15) is 4.79 Å².